The fourth-order valence-corrected chi connectivity index (χ4v) is 6.02. The van der Waals surface area contributed by atoms with Crippen molar-refractivity contribution in [3.63, 3.8) is 0 Å². The van der Waals surface area contributed by atoms with Crippen molar-refractivity contribution in [2.45, 2.75) is 37.9 Å². The zero-order valence-electron chi connectivity index (χ0n) is 22.2. The summed E-state index contributed by atoms with van der Waals surface area (Å²) in [6.45, 7) is 9.66. The molecular weight excluding hydrogens is 509 g/mol. The second kappa shape index (κ2) is 9.85. The number of carbonyl (C=O) groups excluding carboxylic acids is 2. The van der Waals surface area contributed by atoms with Gasteiger partial charge in [-0.15, -0.1) is 0 Å². The largest absolute Gasteiger partial charge is 0.489 e. The van der Waals surface area contributed by atoms with Crippen LogP contribution >= 0.6 is 11.6 Å². The molecule has 38 heavy (non-hydrogen) atoms. The fourth-order valence-electron chi connectivity index (χ4n) is 5.73. The molecule has 0 N–H and O–H groups in total. The number of rotatable bonds is 4. The van der Waals surface area contributed by atoms with Gasteiger partial charge in [0.2, 0.25) is 5.91 Å². The third-order valence-electron chi connectivity index (χ3n) is 7.91. The number of aromatic nitrogens is 1. The van der Waals surface area contributed by atoms with Crippen molar-refractivity contribution in [2.24, 2.45) is 0 Å². The number of likely N-dealkylation sites (N-methyl/N-ethyl adjacent to an activating group) is 1. The Hall–Kier alpha value is -3.17. The van der Waals surface area contributed by atoms with E-state index in [2.05, 4.69) is 30.2 Å². The summed E-state index contributed by atoms with van der Waals surface area (Å²) < 4.78 is 21.3. The molecule has 8 nitrogen and oxygen atoms in total. The summed E-state index contributed by atoms with van der Waals surface area (Å²) in [6.07, 6.45) is 2.13. The Morgan fingerprint density at radius 1 is 1.26 bits per heavy atom. The van der Waals surface area contributed by atoms with Gasteiger partial charge in [-0.3, -0.25) is 9.59 Å². The first kappa shape index (κ1) is 26.4. The monoisotopic (exact) mass is 541 g/mol. The molecule has 0 spiro atoms. The Labute approximate surface area is 227 Å². The minimum Gasteiger partial charge on any atom is -0.489 e. The van der Waals surface area contributed by atoms with E-state index < -0.39 is 5.82 Å². The van der Waals surface area contributed by atoms with Crippen molar-refractivity contribution in [1.29, 1.82) is 0 Å². The second-order valence-electron chi connectivity index (χ2n) is 11.0. The number of benzene rings is 1. The normalized spacial score (nSPS) is 22.6. The van der Waals surface area contributed by atoms with Crippen LogP contribution in [0.15, 0.2) is 36.9 Å². The topological polar surface area (TPSA) is 69.2 Å². The van der Waals surface area contributed by atoms with E-state index in [4.69, 9.17) is 21.3 Å². The lowest BCUT2D eigenvalue weighted by molar-refractivity contribution is -0.128. The van der Waals surface area contributed by atoms with Gasteiger partial charge in [0.15, 0.2) is 5.75 Å². The summed E-state index contributed by atoms with van der Waals surface area (Å²) in [6, 6.07) is 6.18. The van der Waals surface area contributed by atoms with Crippen LogP contribution in [-0.2, 0) is 4.79 Å². The van der Waals surface area contributed by atoms with Gasteiger partial charge in [-0.2, -0.15) is 0 Å². The first-order valence-electron chi connectivity index (χ1n) is 12.8. The lowest BCUT2D eigenvalue weighted by Gasteiger charge is -2.40. The molecule has 1 unspecified atom stereocenters. The van der Waals surface area contributed by atoms with Gasteiger partial charge in [0.05, 0.1) is 11.7 Å². The first-order chi connectivity index (χ1) is 18.0. The molecule has 0 radical (unpaired) electrons. The first-order valence-corrected chi connectivity index (χ1v) is 13.2. The van der Waals surface area contributed by atoms with E-state index >= 15 is 0 Å². The van der Waals surface area contributed by atoms with E-state index in [-0.39, 0.29) is 63.6 Å². The van der Waals surface area contributed by atoms with Crippen LogP contribution < -0.4 is 9.64 Å². The van der Waals surface area contributed by atoms with Crippen LogP contribution in [0.4, 0.5) is 10.2 Å². The molecule has 2 atom stereocenters. The number of halogens is 2. The Bertz CT molecular complexity index is 1300. The van der Waals surface area contributed by atoms with Crippen LogP contribution in [0.3, 0.4) is 0 Å². The standard InChI is InChI=1S/C28H33ClFN5O3/c1-6-21(36)33-11-12-34-18(14-33)16-38-25-22(27(34)37)26(35-15-17(32(4)5)13-28(35,2)3)31-24(23(25)29)19-9-7-8-10-20(19)30/h6-10,17-18H,1,11-16H2,2-5H3/t17?,18-/m1/s1. The summed E-state index contributed by atoms with van der Waals surface area (Å²) in [5.74, 6) is -0.251. The Kier molecular flexibility index (Phi) is 6.86. The molecule has 2 saturated heterocycles. The molecule has 3 aliphatic rings. The van der Waals surface area contributed by atoms with E-state index in [1.54, 1.807) is 28.0 Å². The highest BCUT2D eigenvalue weighted by Gasteiger charge is 2.45. The van der Waals surface area contributed by atoms with Crippen molar-refractivity contribution in [3.8, 4) is 17.0 Å². The molecule has 0 bridgehead atoms. The zero-order valence-corrected chi connectivity index (χ0v) is 23.0. The average molecular weight is 542 g/mol. The molecule has 2 amide bonds. The molecule has 1 aromatic carbocycles. The predicted octanol–water partition coefficient (Wildman–Crippen LogP) is 3.69. The molecule has 2 aromatic rings. The van der Waals surface area contributed by atoms with Crippen LogP contribution in [0.2, 0.25) is 5.02 Å². The highest BCUT2D eigenvalue weighted by atomic mass is 35.5. The van der Waals surface area contributed by atoms with E-state index in [9.17, 15) is 14.0 Å². The lowest BCUT2D eigenvalue weighted by Crippen LogP contribution is -2.57. The minimum atomic E-state index is -0.462. The van der Waals surface area contributed by atoms with E-state index in [0.717, 1.165) is 6.42 Å². The van der Waals surface area contributed by atoms with Crippen molar-refractivity contribution in [1.82, 2.24) is 19.7 Å². The quantitative estimate of drug-likeness (QED) is 0.550. The van der Waals surface area contributed by atoms with Gasteiger partial charge in [0.1, 0.15) is 28.8 Å². The lowest BCUT2D eigenvalue weighted by atomic mass is 9.99. The van der Waals surface area contributed by atoms with Gasteiger partial charge in [0, 0.05) is 43.3 Å². The summed E-state index contributed by atoms with van der Waals surface area (Å²) in [5.41, 5.74) is 0.424. The summed E-state index contributed by atoms with van der Waals surface area (Å²) >= 11 is 6.87. The molecule has 2 fully saturated rings. The van der Waals surface area contributed by atoms with E-state index in [1.807, 2.05) is 14.1 Å². The number of pyridine rings is 1. The average Bonchev–Trinajstić information content (AvgIpc) is 3.14. The van der Waals surface area contributed by atoms with Gasteiger partial charge < -0.3 is 24.3 Å². The molecule has 0 saturated carbocycles. The number of amides is 2. The molecule has 5 rings (SSSR count). The van der Waals surface area contributed by atoms with Crippen LogP contribution in [-0.4, -0.2) is 96.0 Å². The van der Waals surface area contributed by atoms with Crippen LogP contribution in [0, 0.1) is 5.82 Å². The number of hydrogen-bond acceptors (Lipinski definition) is 6. The summed E-state index contributed by atoms with van der Waals surface area (Å²) in [5, 5.41) is 0.0993. The van der Waals surface area contributed by atoms with Gasteiger partial charge in [0.25, 0.3) is 5.91 Å². The maximum absolute atomic E-state index is 15.0. The molecule has 4 heterocycles. The molecule has 1 aromatic heterocycles. The third-order valence-corrected chi connectivity index (χ3v) is 8.26. The zero-order chi connectivity index (χ0) is 27.4. The molecule has 3 aliphatic heterocycles. The van der Waals surface area contributed by atoms with Crippen LogP contribution in [0.1, 0.15) is 30.6 Å². The number of hydrogen-bond donors (Lipinski definition) is 0. The van der Waals surface area contributed by atoms with Gasteiger partial charge in [-0.25, -0.2) is 9.37 Å². The maximum atomic E-state index is 15.0. The number of carbonyl (C=O) groups is 2. The van der Waals surface area contributed by atoms with Crippen LogP contribution in [0.25, 0.3) is 11.3 Å². The summed E-state index contributed by atoms with van der Waals surface area (Å²) in [7, 11) is 4.07. The van der Waals surface area contributed by atoms with Gasteiger partial charge in [-0.05, 0) is 52.6 Å². The van der Waals surface area contributed by atoms with E-state index in [1.165, 1.54) is 12.1 Å². The predicted molar refractivity (Wildman–Crippen MR) is 145 cm³/mol. The van der Waals surface area contributed by atoms with Gasteiger partial charge >= 0.3 is 0 Å². The Morgan fingerprint density at radius 3 is 2.66 bits per heavy atom. The molecule has 10 heteroatoms. The van der Waals surface area contributed by atoms with Crippen molar-refractivity contribution >= 4 is 29.2 Å². The number of piperazine rings is 1. The number of anilines is 1. The highest BCUT2D eigenvalue weighted by Crippen LogP contribution is 2.46. The Morgan fingerprint density at radius 2 is 2.00 bits per heavy atom. The molecular formula is C28H33ClFN5O3. The van der Waals surface area contributed by atoms with Crippen molar-refractivity contribution in [3.05, 3.63) is 53.3 Å². The Balaban J connectivity index is 1.67. The number of ether oxygens (including phenoxy) is 1. The van der Waals surface area contributed by atoms with E-state index in [0.29, 0.717) is 32.0 Å². The van der Waals surface area contributed by atoms with Crippen molar-refractivity contribution in [2.75, 3.05) is 51.8 Å². The summed E-state index contributed by atoms with van der Waals surface area (Å²) in [4.78, 5) is 39.1. The molecule has 202 valence electrons. The SMILES string of the molecule is C=CC(=O)N1CCN2C(=O)c3c(N4CC(N(C)C)CC4(C)C)nc(-c4ccccc4F)c(Cl)c3OC[C@H]2C1. The highest BCUT2D eigenvalue weighted by molar-refractivity contribution is 6.35. The minimum absolute atomic E-state index is 0.0993. The van der Waals surface area contributed by atoms with Crippen LogP contribution in [0.5, 0.6) is 5.75 Å². The smallest absolute Gasteiger partial charge is 0.261 e. The number of fused-ring (bicyclic) bond motifs is 2. The third kappa shape index (κ3) is 4.41. The molecule has 0 aliphatic carbocycles. The maximum Gasteiger partial charge on any atom is 0.261 e. The number of nitrogens with zero attached hydrogens (tertiary/aromatic N) is 5. The van der Waals surface area contributed by atoms with Crippen molar-refractivity contribution < 1.29 is 18.7 Å². The fraction of sp³-hybridized carbons (Fsp3) is 0.464. The van der Waals surface area contributed by atoms with Gasteiger partial charge in [-0.1, -0.05) is 30.3 Å². The second-order valence-corrected chi connectivity index (χ2v) is 11.4.